The molecule has 0 bridgehead atoms. The van der Waals surface area contributed by atoms with Crippen LogP contribution in [0.25, 0.3) is 28.7 Å². The van der Waals surface area contributed by atoms with Crippen molar-refractivity contribution in [3.05, 3.63) is 271 Å². The van der Waals surface area contributed by atoms with Gasteiger partial charge in [0.2, 0.25) is 0 Å². The third-order valence-electron chi connectivity index (χ3n) is 15.5. The Labute approximate surface area is 689 Å². The molecule has 0 aliphatic carbocycles. The SMILES string of the molecule is CCOC(=O)c1nc(C)n(-c2cc(-n3c(C)cc(OCc4ncc(F)cc4F)c(Cl)c3=O)c(C)cn2)n1.COC(=O)c1n[nH]c(C)n1.Cc1cnc(-n2nc(C(C)(C)O)nc2C)cc1-n1c(C)cc(OCc2ncc(F)cc2F)c(Cl)c1=O.Cc1cnc(Br)cc1-n1c(C)cc(OCc2ncc(F)cc2F)c(Cl)c1=O.[Br-].[CH3-].[Mg+2]. The summed E-state index contributed by atoms with van der Waals surface area (Å²) in [6.07, 6.45) is 7.38. The molecule has 12 heterocycles. The van der Waals surface area contributed by atoms with Crippen LogP contribution in [0.3, 0.4) is 0 Å². The van der Waals surface area contributed by atoms with E-state index in [1.54, 1.807) is 119 Å². The van der Waals surface area contributed by atoms with Crippen LogP contribution >= 0.6 is 50.7 Å². The van der Waals surface area contributed by atoms with Gasteiger partial charge in [0.15, 0.2) is 34.9 Å². The number of methoxy groups -OCH3 is 1. The Balaban J connectivity index is 0.000000247. The summed E-state index contributed by atoms with van der Waals surface area (Å²) in [4.78, 5) is 98.0. The molecule has 590 valence electrons. The fourth-order valence-corrected chi connectivity index (χ4v) is 11.0. The van der Waals surface area contributed by atoms with Crippen LogP contribution in [0, 0.1) is 105 Å². The number of aliphatic hydroxyl groups is 1. The number of pyridine rings is 9. The van der Waals surface area contributed by atoms with Crippen LogP contribution in [0.2, 0.25) is 15.1 Å². The molecule has 0 saturated carbocycles. The van der Waals surface area contributed by atoms with Crippen molar-refractivity contribution in [3.63, 3.8) is 0 Å². The second-order valence-electron chi connectivity index (χ2n) is 24.2. The molecule has 113 heavy (non-hydrogen) atoms. The van der Waals surface area contributed by atoms with Gasteiger partial charge in [-0.1, -0.05) is 34.8 Å². The van der Waals surface area contributed by atoms with Gasteiger partial charge >= 0.3 is 35.0 Å². The zero-order chi connectivity index (χ0) is 80.5. The monoisotopic (exact) mass is 1760 g/mol. The van der Waals surface area contributed by atoms with E-state index in [1.165, 1.54) is 42.3 Å². The number of aromatic amines is 1. The Morgan fingerprint density at radius 2 is 0.894 bits per heavy atom. The normalized spacial score (nSPS) is 10.8. The van der Waals surface area contributed by atoms with Crippen molar-refractivity contribution in [2.45, 2.75) is 109 Å². The number of hydrogen-bond donors (Lipinski definition) is 2. The standard InChI is InChI=1S/C24H21ClF2N6O4.C24H23ClF2N6O3.C18H13BrClF2N3O2.C5H7N3O2.CH3.BrH.Mg/c1-5-36-24(35)22-30-14(4)33(31-22)20-8-18(12(2)9-29-20)32-13(3)6-19(21(25)23(32)34)37-11-17-16(27)7-15(26)10-28-17;1-12-9-29-20(33-14(3)30-23(31-33)24(4,5)35)8-18(12)32-13(2)6-19(21(25)22(32)34)36-11-17-16(27)7-15(26)10-28-17;1-9-6-24-16(19)5-14(9)25-10(2)3-15(17(20)18(25)26)27-8-13-12(22)4-11(21)7-23-13;1-3-6-4(8-7-3)5(9)10-2;;;/h6-10H,5,11H2,1-4H3;6-10,35H,11H2,1-5H3;3-7H,8H2,1-2H3;1-2H3,(H,6,7,8);1H3;1H;/q;;;;-1;;+2/p-1. The van der Waals surface area contributed by atoms with Crippen LogP contribution in [0.15, 0.2) is 111 Å². The molecule has 29 nitrogen and oxygen atoms in total. The summed E-state index contributed by atoms with van der Waals surface area (Å²) in [7, 11) is 1.29. The molecule has 0 aliphatic heterocycles. The first-order chi connectivity index (χ1) is 52.0. The second kappa shape index (κ2) is 39.4. The number of halogens is 11. The maximum absolute atomic E-state index is 13.9. The number of carbonyl (C=O) groups is 2. The van der Waals surface area contributed by atoms with Gasteiger partial charge in [-0.2, -0.15) is 9.36 Å². The summed E-state index contributed by atoms with van der Waals surface area (Å²) in [6, 6.07) is 11.7. The number of esters is 2. The van der Waals surface area contributed by atoms with Gasteiger partial charge in [-0.3, -0.25) is 48.1 Å². The van der Waals surface area contributed by atoms with Crippen molar-refractivity contribution in [1.29, 1.82) is 0 Å². The number of H-pyrrole nitrogens is 1. The maximum Gasteiger partial charge on any atom is 2.00 e. The first-order valence-electron chi connectivity index (χ1n) is 32.3. The zero-order valence-electron chi connectivity index (χ0n) is 62.5. The van der Waals surface area contributed by atoms with E-state index in [0.29, 0.717) is 97.2 Å². The fraction of sp³-hybridized carbons (Fsp3) is 0.250. The minimum absolute atomic E-state index is 0. The predicted octanol–water partition coefficient (Wildman–Crippen LogP) is 9.18. The summed E-state index contributed by atoms with van der Waals surface area (Å²) >= 11 is 22.1. The Kier molecular flexibility index (Phi) is 31.9. The number of nitrogens with one attached hydrogen (secondary N) is 1. The first-order valence-corrected chi connectivity index (χ1v) is 34.3. The molecule has 2 N–H and O–H groups in total. The molecule has 12 aromatic rings. The summed E-state index contributed by atoms with van der Waals surface area (Å²) in [5, 5.41) is 24.3. The molecule has 12 aromatic heterocycles. The van der Waals surface area contributed by atoms with Gasteiger partial charge < -0.3 is 53.2 Å². The molecule has 41 heteroatoms. The van der Waals surface area contributed by atoms with E-state index < -0.39 is 69.1 Å². The Hall–Kier alpha value is -10.4. The topological polar surface area (TPSA) is 347 Å². The van der Waals surface area contributed by atoms with Gasteiger partial charge in [-0.05, 0) is 122 Å². The molecule has 0 radical (unpaired) electrons. The third-order valence-corrected chi connectivity index (χ3v) is 16.9. The van der Waals surface area contributed by atoms with Gasteiger partial charge in [0.1, 0.15) is 114 Å². The maximum atomic E-state index is 13.9. The van der Waals surface area contributed by atoms with Gasteiger partial charge in [0, 0.05) is 84.2 Å². The van der Waals surface area contributed by atoms with Crippen LogP contribution < -0.4 is 47.9 Å². The van der Waals surface area contributed by atoms with Gasteiger partial charge in [0.05, 0.1) is 49.4 Å². The molecule has 0 aromatic carbocycles. The van der Waals surface area contributed by atoms with E-state index in [-0.39, 0.29) is 141 Å². The molecular weight excluding hydrogens is 1700 g/mol. The van der Waals surface area contributed by atoms with E-state index >= 15 is 0 Å². The minimum Gasteiger partial charge on any atom is -1.00 e. The number of aromatic nitrogens is 18. The van der Waals surface area contributed by atoms with Crippen LogP contribution in [0.5, 0.6) is 17.2 Å². The van der Waals surface area contributed by atoms with Crippen molar-refractivity contribution >= 4 is 85.7 Å². The molecule has 12 rings (SSSR count). The molecule has 0 amide bonds. The minimum atomic E-state index is -1.24. The Morgan fingerprint density at radius 3 is 1.24 bits per heavy atom. The smallest absolute Gasteiger partial charge is 1.00 e. The van der Waals surface area contributed by atoms with E-state index in [0.717, 1.165) is 24.2 Å². The van der Waals surface area contributed by atoms with Crippen LogP contribution in [-0.2, 0) is 34.9 Å². The average Bonchev–Trinajstić information content (AvgIpc) is 1.62. The summed E-state index contributed by atoms with van der Waals surface area (Å²) in [5.74, 6) is -3.68. The van der Waals surface area contributed by atoms with E-state index in [1.807, 2.05) is 6.92 Å². The van der Waals surface area contributed by atoms with Crippen molar-refractivity contribution in [2.24, 2.45) is 0 Å². The zero-order valence-corrected chi connectivity index (χ0v) is 69.3. The molecular formula is C72H67Br2Cl3F6MgN18O11. The largest absolute Gasteiger partial charge is 2.00 e. The molecule has 0 saturated heterocycles. The predicted molar refractivity (Wildman–Crippen MR) is 401 cm³/mol. The third kappa shape index (κ3) is 21.9. The van der Waals surface area contributed by atoms with Crippen molar-refractivity contribution in [3.8, 4) is 45.9 Å². The van der Waals surface area contributed by atoms with Crippen molar-refractivity contribution in [1.82, 2.24) is 88.3 Å². The molecule has 0 unspecified atom stereocenters. The molecule has 0 fully saturated rings. The van der Waals surface area contributed by atoms with E-state index in [4.69, 9.17) is 53.8 Å². The van der Waals surface area contributed by atoms with Crippen LogP contribution in [0.4, 0.5) is 26.3 Å². The van der Waals surface area contributed by atoms with E-state index in [9.17, 15) is 55.4 Å². The van der Waals surface area contributed by atoms with Crippen molar-refractivity contribution < 1.29 is 81.7 Å². The molecule has 0 atom stereocenters. The number of hydrogen-bond acceptors (Lipinski definition) is 23. The summed E-state index contributed by atoms with van der Waals surface area (Å²) in [6.45, 7) is 19.5. The Bertz CT molecular complexity index is 5710. The molecule has 0 spiro atoms. The van der Waals surface area contributed by atoms with Gasteiger partial charge in [-0.25, -0.2) is 65.8 Å². The fourth-order valence-electron chi connectivity index (χ4n) is 10.1. The number of aryl methyl sites for hydroxylation is 9. The van der Waals surface area contributed by atoms with Crippen molar-refractivity contribution in [2.75, 3.05) is 13.7 Å². The van der Waals surface area contributed by atoms with Gasteiger partial charge in [0.25, 0.3) is 28.3 Å². The van der Waals surface area contributed by atoms with Crippen LogP contribution in [-0.4, -0.2) is 142 Å². The summed E-state index contributed by atoms with van der Waals surface area (Å²) in [5.41, 5.74) is 1.97. The number of ether oxygens (including phenoxy) is 5. The average molecular weight is 1760 g/mol. The Morgan fingerprint density at radius 1 is 0.522 bits per heavy atom. The van der Waals surface area contributed by atoms with Gasteiger partial charge in [-0.15, -0.1) is 15.3 Å². The number of rotatable bonds is 18. The summed E-state index contributed by atoms with van der Waals surface area (Å²) < 4.78 is 114. The first kappa shape index (κ1) is 91.5. The number of nitrogens with zero attached hydrogens (tertiary/aromatic N) is 17. The van der Waals surface area contributed by atoms with Crippen LogP contribution in [0.1, 0.15) is 116 Å². The second-order valence-corrected chi connectivity index (χ2v) is 26.1. The number of carbonyl (C=O) groups excluding carboxylic acids is 2. The van der Waals surface area contributed by atoms with E-state index in [2.05, 4.69) is 85.9 Å². The quantitative estimate of drug-likeness (QED) is 0.0266. The molecule has 0 aliphatic rings.